The molecular formula is C24H22F3N3O2. The van der Waals surface area contributed by atoms with Crippen molar-refractivity contribution in [3.8, 4) is 11.4 Å². The number of anilines is 1. The van der Waals surface area contributed by atoms with Crippen molar-refractivity contribution in [3.63, 3.8) is 0 Å². The molecule has 166 valence electrons. The SMILES string of the molecule is CN(C(=O)c1cccc(-n2nc(C(F)(F)F)c3c2CCCC3)c1)c1ccc2c(c1)OCC2. The van der Waals surface area contributed by atoms with Crippen molar-refractivity contribution in [2.24, 2.45) is 0 Å². The predicted octanol–water partition coefficient (Wildman–Crippen LogP) is 4.98. The van der Waals surface area contributed by atoms with Crippen LogP contribution in [-0.2, 0) is 25.4 Å². The average Bonchev–Trinajstić information content (AvgIpc) is 3.42. The zero-order valence-corrected chi connectivity index (χ0v) is 17.6. The fourth-order valence-electron chi connectivity index (χ4n) is 4.49. The van der Waals surface area contributed by atoms with Crippen LogP contribution in [0.3, 0.4) is 0 Å². The maximum absolute atomic E-state index is 13.6. The Hall–Kier alpha value is -3.29. The molecule has 8 heteroatoms. The minimum absolute atomic E-state index is 0.262. The number of halogens is 3. The summed E-state index contributed by atoms with van der Waals surface area (Å²) in [4.78, 5) is 14.7. The second-order valence-electron chi connectivity index (χ2n) is 8.20. The molecule has 5 nitrogen and oxygen atoms in total. The Kier molecular flexibility index (Phi) is 4.95. The van der Waals surface area contributed by atoms with E-state index >= 15 is 0 Å². The highest BCUT2D eigenvalue weighted by Gasteiger charge is 2.39. The van der Waals surface area contributed by atoms with Gasteiger partial charge in [-0.05, 0) is 55.5 Å². The van der Waals surface area contributed by atoms with E-state index in [0.717, 1.165) is 30.6 Å². The van der Waals surface area contributed by atoms with E-state index in [2.05, 4.69) is 5.10 Å². The maximum Gasteiger partial charge on any atom is 0.435 e. The monoisotopic (exact) mass is 441 g/mol. The van der Waals surface area contributed by atoms with E-state index in [-0.39, 0.29) is 11.5 Å². The van der Waals surface area contributed by atoms with Gasteiger partial charge in [0, 0.05) is 42.0 Å². The summed E-state index contributed by atoms with van der Waals surface area (Å²) in [7, 11) is 1.67. The van der Waals surface area contributed by atoms with Crippen LogP contribution < -0.4 is 9.64 Å². The predicted molar refractivity (Wildman–Crippen MR) is 114 cm³/mol. The summed E-state index contributed by atoms with van der Waals surface area (Å²) in [5.41, 5.74) is 2.67. The number of nitrogens with zero attached hydrogens (tertiary/aromatic N) is 3. The maximum atomic E-state index is 13.6. The Bertz CT molecular complexity index is 1200. The van der Waals surface area contributed by atoms with Gasteiger partial charge in [-0.3, -0.25) is 4.79 Å². The molecule has 1 amide bonds. The smallest absolute Gasteiger partial charge is 0.435 e. The van der Waals surface area contributed by atoms with E-state index in [1.807, 2.05) is 18.2 Å². The second kappa shape index (κ2) is 7.69. The van der Waals surface area contributed by atoms with Gasteiger partial charge in [-0.2, -0.15) is 18.3 Å². The zero-order valence-electron chi connectivity index (χ0n) is 17.6. The van der Waals surface area contributed by atoms with Gasteiger partial charge < -0.3 is 9.64 Å². The highest BCUT2D eigenvalue weighted by atomic mass is 19.4. The van der Waals surface area contributed by atoms with Gasteiger partial charge in [0.2, 0.25) is 0 Å². The lowest BCUT2D eigenvalue weighted by molar-refractivity contribution is -0.142. The number of hydrogen-bond acceptors (Lipinski definition) is 3. The normalized spacial score (nSPS) is 15.1. The minimum Gasteiger partial charge on any atom is -0.493 e. The van der Waals surface area contributed by atoms with Crippen LogP contribution in [0.25, 0.3) is 5.69 Å². The Morgan fingerprint density at radius 1 is 1.09 bits per heavy atom. The largest absolute Gasteiger partial charge is 0.493 e. The molecule has 0 saturated carbocycles. The summed E-state index contributed by atoms with van der Waals surface area (Å²) >= 11 is 0. The van der Waals surface area contributed by atoms with Gasteiger partial charge in [0.05, 0.1) is 12.3 Å². The van der Waals surface area contributed by atoms with E-state index in [1.165, 1.54) is 9.58 Å². The standard InChI is InChI=1S/C24H22F3N3O2/c1-29(17-10-9-15-11-12-32-21(15)14-17)23(31)16-5-4-6-18(13-16)30-20-8-3-2-7-19(20)22(28-30)24(25,26)27/h4-6,9-10,13-14H,2-3,7-8,11-12H2,1H3. The average molecular weight is 441 g/mol. The van der Waals surface area contributed by atoms with Gasteiger partial charge >= 0.3 is 6.18 Å². The summed E-state index contributed by atoms with van der Waals surface area (Å²) in [5, 5.41) is 3.93. The van der Waals surface area contributed by atoms with Crippen LogP contribution in [0, 0.1) is 0 Å². The van der Waals surface area contributed by atoms with E-state index in [9.17, 15) is 18.0 Å². The molecule has 5 rings (SSSR count). The summed E-state index contributed by atoms with van der Waals surface area (Å²) in [6.45, 7) is 0.632. The minimum atomic E-state index is -4.50. The van der Waals surface area contributed by atoms with E-state index < -0.39 is 11.9 Å². The Morgan fingerprint density at radius 3 is 2.72 bits per heavy atom. The number of carbonyl (C=O) groups is 1. The number of rotatable bonds is 3. The van der Waals surface area contributed by atoms with Crippen molar-refractivity contribution in [1.82, 2.24) is 9.78 Å². The fourth-order valence-corrected chi connectivity index (χ4v) is 4.49. The van der Waals surface area contributed by atoms with Crippen LogP contribution in [0.2, 0.25) is 0 Å². The molecule has 0 unspecified atom stereocenters. The summed E-state index contributed by atoms with van der Waals surface area (Å²) in [6.07, 6.45) is -1.22. The molecule has 1 aliphatic carbocycles. The van der Waals surface area contributed by atoms with E-state index in [4.69, 9.17) is 4.74 Å². The second-order valence-corrected chi connectivity index (χ2v) is 8.20. The Balaban J connectivity index is 1.49. The molecule has 0 saturated heterocycles. The first-order chi connectivity index (χ1) is 15.3. The number of fused-ring (bicyclic) bond motifs is 2. The van der Waals surface area contributed by atoms with Crippen molar-refractivity contribution in [2.75, 3.05) is 18.6 Å². The fraction of sp³-hybridized carbons (Fsp3) is 0.333. The molecule has 32 heavy (non-hydrogen) atoms. The molecule has 0 radical (unpaired) electrons. The summed E-state index contributed by atoms with van der Waals surface area (Å²) in [5.74, 6) is 0.514. The van der Waals surface area contributed by atoms with Gasteiger partial charge in [0.1, 0.15) is 5.75 Å². The van der Waals surface area contributed by atoms with Crippen LogP contribution in [0.5, 0.6) is 5.75 Å². The molecule has 0 bridgehead atoms. The highest BCUT2D eigenvalue weighted by Crippen LogP contribution is 2.37. The summed E-state index contributed by atoms with van der Waals surface area (Å²) < 4.78 is 47.6. The molecule has 0 fully saturated rings. The molecule has 0 N–H and O–H groups in total. The highest BCUT2D eigenvalue weighted by molar-refractivity contribution is 6.06. The van der Waals surface area contributed by atoms with Crippen molar-refractivity contribution < 1.29 is 22.7 Å². The number of benzene rings is 2. The number of amides is 1. The van der Waals surface area contributed by atoms with Gasteiger partial charge in [0.25, 0.3) is 5.91 Å². The number of carbonyl (C=O) groups excluding carboxylic acids is 1. The lowest BCUT2D eigenvalue weighted by Gasteiger charge is -2.19. The van der Waals surface area contributed by atoms with Crippen molar-refractivity contribution in [2.45, 2.75) is 38.3 Å². The van der Waals surface area contributed by atoms with Crippen LogP contribution in [0.4, 0.5) is 18.9 Å². The lowest BCUT2D eigenvalue weighted by Crippen LogP contribution is -2.26. The molecule has 2 heterocycles. The summed E-state index contributed by atoms with van der Waals surface area (Å²) in [6, 6.07) is 12.3. The number of alkyl halides is 3. The topological polar surface area (TPSA) is 47.4 Å². The van der Waals surface area contributed by atoms with Crippen molar-refractivity contribution >= 4 is 11.6 Å². The van der Waals surface area contributed by atoms with Crippen LogP contribution in [0.1, 0.15) is 45.7 Å². The lowest BCUT2D eigenvalue weighted by atomic mass is 9.95. The first kappa shape index (κ1) is 20.6. The molecule has 2 aromatic carbocycles. The Labute approximate surface area is 183 Å². The van der Waals surface area contributed by atoms with Gasteiger partial charge in [-0.25, -0.2) is 4.68 Å². The number of ether oxygens (including phenoxy) is 1. The van der Waals surface area contributed by atoms with E-state index in [1.54, 1.807) is 31.3 Å². The third-order valence-electron chi connectivity index (χ3n) is 6.16. The number of aromatic nitrogens is 2. The van der Waals surface area contributed by atoms with Gasteiger partial charge in [-0.1, -0.05) is 12.1 Å². The molecular weight excluding hydrogens is 419 g/mol. The quantitative estimate of drug-likeness (QED) is 0.576. The third kappa shape index (κ3) is 3.53. The molecule has 0 spiro atoms. The molecule has 1 aromatic heterocycles. The van der Waals surface area contributed by atoms with Crippen molar-refractivity contribution in [1.29, 1.82) is 0 Å². The van der Waals surface area contributed by atoms with Gasteiger partial charge in [-0.15, -0.1) is 0 Å². The van der Waals surface area contributed by atoms with Gasteiger partial charge in [0.15, 0.2) is 5.69 Å². The first-order valence-corrected chi connectivity index (χ1v) is 10.6. The molecule has 2 aliphatic rings. The zero-order chi connectivity index (χ0) is 22.5. The Morgan fingerprint density at radius 2 is 1.91 bits per heavy atom. The van der Waals surface area contributed by atoms with Crippen LogP contribution in [0.15, 0.2) is 42.5 Å². The van der Waals surface area contributed by atoms with Crippen LogP contribution in [-0.4, -0.2) is 29.3 Å². The first-order valence-electron chi connectivity index (χ1n) is 10.6. The number of hydrogen-bond donors (Lipinski definition) is 0. The third-order valence-corrected chi connectivity index (χ3v) is 6.16. The van der Waals surface area contributed by atoms with Crippen LogP contribution >= 0.6 is 0 Å². The molecule has 1 aliphatic heterocycles. The molecule has 3 aromatic rings. The molecule has 0 atom stereocenters. The van der Waals surface area contributed by atoms with E-state index in [0.29, 0.717) is 42.1 Å². The van der Waals surface area contributed by atoms with Crippen molar-refractivity contribution in [3.05, 3.63) is 70.5 Å².